The summed E-state index contributed by atoms with van der Waals surface area (Å²) in [4.78, 5) is 8.28. The van der Waals surface area contributed by atoms with Gasteiger partial charge in [0.1, 0.15) is 10.9 Å². The van der Waals surface area contributed by atoms with Crippen molar-refractivity contribution in [2.24, 2.45) is 0 Å². The van der Waals surface area contributed by atoms with E-state index in [1.54, 1.807) is 6.07 Å². The first-order valence-corrected chi connectivity index (χ1v) is 7.28. The topological polar surface area (TPSA) is 59.1 Å². The molecule has 0 atom stereocenters. The van der Waals surface area contributed by atoms with Crippen molar-refractivity contribution < 1.29 is 4.74 Å². The molecule has 1 aromatic heterocycles. The van der Waals surface area contributed by atoms with Crippen LogP contribution in [-0.2, 0) is 0 Å². The first-order valence-electron chi connectivity index (χ1n) is 6.49. The Morgan fingerprint density at radius 3 is 2.76 bits per heavy atom. The highest BCUT2D eigenvalue weighted by atomic mass is 35.5. The molecule has 0 aliphatic rings. The van der Waals surface area contributed by atoms with Gasteiger partial charge in [-0.2, -0.15) is 4.98 Å². The van der Waals surface area contributed by atoms with Crippen LogP contribution in [0.25, 0.3) is 0 Å². The third-order valence-electron chi connectivity index (χ3n) is 2.40. The van der Waals surface area contributed by atoms with Gasteiger partial charge in [0.05, 0.1) is 0 Å². The second kappa shape index (κ2) is 7.75. The Balaban J connectivity index is 2.08. The molecule has 1 aromatic carbocycles. The van der Waals surface area contributed by atoms with Crippen molar-refractivity contribution in [1.29, 1.82) is 0 Å². The van der Waals surface area contributed by atoms with Crippen molar-refractivity contribution in [3.63, 3.8) is 0 Å². The van der Waals surface area contributed by atoms with Gasteiger partial charge in [-0.1, -0.05) is 36.7 Å². The lowest BCUT2D eigenvalue weighted by Crippen LogP contribution is -2.29. The molecule has 5 nitrogen and oxygen atoms in total. The molecular formula is C14H15ClN4OS. The Morgan fingerprint density at radius 1 is 1.29 bits per heavy atom. The molecule has 2 rings (SSSR count). The fraction of sp³-hybridized carbons (Fsp3) is 0.214. The fourth-order valence-corrected chi connectivity index (χ4v) is 1.87. The van der Waals surface area contributed by atoms with E-state index in [0.717, 1.165) is 13.0 Å². The maximum absolute atomic E-state index is 5.97. The number of nitrogens with one attached hydrogen (secondary N) is 2. The number of halogens is 1. The van der Waals surface area contributed by atoms with Crippen LogP contribution in [-0.4, -0.2) is 21.6 Å². The molecule has 0 aliphatic heterocycles. The van der Waals surface area contributed by atoms with E-state index in [0.29, 0.717) is 22.7 Å². The molecule has 0 unspecified atom stereocenters. The highest BCUT2D eigenvalue weighted by Crippen LogP contribution is 2.22. The molecule has 0 radical (unpaired) electrons. The SMILES string of the molecule is CCCNC(=S)Nc1nc(Cl)cc(Oc2ccccc2)n1. The van der Waals surface area contributed by atoms with Crippen LogP contribution in [0.1, 0.15) is 13.3 Å². The van der Waals surface area contributed by atoms with E-state index >= 15 is 0 Å². The van der Waals surface area contributed by atoms with E-state index < -0.39 is 0 Å². The zero-order chi connectivity index (χ0) is 15.1. The largest absolute Gasteiger partial charge is 0.439 e. The summed E-state index contributed by atoms with van der Waals surface area (Å²) in [6.07, 6.45) is 0.973. The average molecular weight is 323 g/mol. The number of rotatable bonds is 5. The van der Waals surface area contributed by atoms with Gasteiger partial charge >= 0.3 is 0 Å². The molecule has 0 amide bonds. The molecule has 2 N–H and O–H groups in total. The van der Waals surface area contributed by atoms with Gasteiger partial charge in [0.25, 0.3) is 0 Å². The fourth-order valence-electron chi connectivity index (χ4n) is 1.50. The van der Waals surface area contributed by atoms with E-state index in [-0.39, 0.29) is 5.15 Å². The van der Waals surface area contributed by atoms with Gasteiger partial charge in [0.15, 0.2) is 5.11 Å². The Kier molecular flexibility index (Phi) is 5.71. The molecule has 0 fully saturated rings. The van der Waals surface area contributed by atoms with E-state index in [9.17, 15) is 0 Å². The first-order chi connectivity index (χ1) is 10.2. The smallest absolute Gasteiger partial charge is 0.233 e. The summed E-state index contributed by atoms with van der Waals surface area (Å²) in [6, 6.07) is 10.9. The Labute approximate surface area is 133 Å². The number of aromatic nitrogens is 2. The van der Waals surface area contributed by atoms with Crippen LogP contribution < -0.4 is 15.4 Å². The van der Waals surface area contributed by atoms with Gasteiger partial charge in [-0.25, -0.2) is 4.98 Å². The first kappa shape index (κ1) is 15.5. The van der Waals surface area contributed by atoms with Gasteiger partial charge in [0, 0.05) is 12.6 Å². The number of hydrogen-bond donors (Lipinski definition) is 2. The molecule has 0 spiro atoms. The number of anilines is 1. The number of benzene rings is 1. The van der Waals surface area contributed by atoms with Crippen LogP contribution in [0.3, 0.4) is 0 Å². The standard InChI is InChI=1S/C14H15ClN4OS/c1-2-8-16-14(21)19-13-17-11(15)9-12(18-13)20-10-6-4-3-5-7-10/h3-7,9H,2,8H2,1H3,(H2,16,17,18,19,21). The third kappa shape index (κ3) is 5.17. The molecule has 0 saturated heterocycles. The van der Waals surface area contributed by atoms with Crippen LogP contribution >= 0.6 is 23.8 Å². The van der Waals surface area contributed by atoms with E-state index in [1.165, 1.54) is 0 Å². The molecule has 110 valence electrons. The van der Waals surface area contributed by atoms with E-state index in [1.807, 2.05) is 30.3 Å². The number of thiocarbonyl (C=S) groups is 1. The maximum Gasteiger partial charge on any atom is 0.233 e. The third-order valence-corrected chi connectivity index (χ3v) is 2.84. The number of nitrogens with zero attached hydrogens (tertiary/aromatic N) is 2. The molecule has 7 heteroatoms. The summed E-state index contributed by atoms with van der Waals surface area (Å²) >= 11 is 11.1. The second-order valence-electron chi connectivity index (χ2n) is 4.15. The summed E-state index contributed by atoms with van der Waals surface area (Å²) < 4.78 is 5.62. The van der Waals surface area contributed by atoms with Crippen molar-refractivity contribution in [3.05, 3.63) is 41.6 Å². The molecule has 0 bridgehead atoms. The second-order valence-corrected chi connectivity index (χ2v) is 4.94. The number of ether oxygens (including phenoxy) is 1. The minimum atomic E-state index is 0.275. The molecule has 2 aromatic rings. The van der Waals surface area contributed by atoms with Crippen LogP contribution in [0.15, 0.2) is 36.4 Å². The van der Waals surface area contributed by atoms with E-state index in [4.69, 9.17) is 28.6 Å². The van der Waals surface area contributed by atoms with Gasteiger partial charge in [-0.3, -0.25) is 0 Å². The lowest BCUT2D eigenvalue weighted by atomic mass is 10.3. The van der Waals surface area contributed by atoms with Crippen molar-refractivity contribution >= 4 is 34.9 Å². The maximum atomic E-state index is 5.97. The molecule has 1 heterocycles. The monoisotopic (exact) mass is 322 g/mol. The Morgan fingerprint density at radius 2 is 2.05 bits per heavy atom. The Bertz CT molecular complexity index is 609. The quantitative estimate of drug-likeness (QED) is 0.647. The zero-order valence-electron chi connectivity index (χ0n) is 11.5. The average Bonchev–Trinajstić information content (AvgIpc) is 2.45. The summed E-state index contributed by atoms with van der Waals surface area (Å²) in [6.45, 7) is 2.83. The van der Waals surface area contributed by atoms with Crippen LogP contribution in [0.2, 0.25) is 5.15 Å². The predicted molar refractivity (Wildman–Crippen MR) is 88.1 cm³/mol. The number of hydrogen-bond acceptors (Lipinski definition) is 4. The van der Waals surface area contributed by atoms with Crippen molar-refractivity contribution in [3.8, 4) is 11.6 Å². The Hall–Kier alpha value is -1.92. The normalized spacial score (nSPS) is 10.0. The minimum Gasteiger partial charge on any atom is -0.439 e. The molecular weight excluding hydrogens is 308 g/mol. The van der Waals surface area contributed by atoms with Crippen LogP contribution in [0, 0.1) is 0 Å². The lowest BCUT2D eigenvalue weighted by molar-refractivity contribution is 0.462. The lowest BCUT2D eigenvalue weighted by Gasteiger charge is -2.10. The molecule has 21 heavy (non-hydrogen) atoms. The van der Waals surface area contributed by atoms with Gasteiger partial charge < -0.3 is 15.4 Å². The summed E-state index contributed by atoms with van der Waals surface area (Å²) in [5, 5.41) is 6.63. The zero-order valence-corrected chi connectivity index (χ0v) is 13.0. The highest BCUT2D eigenvalue weighted by Gasteiger charge is 2.07. The summed E-state index contributed by atoms with van der Waals surface area (Å²) in [7, 11) is 0. The van der Waals surface area contributed by atoms with Gasteiger partial charge in [-0.15, -0.1) is 0 Å². The van der Waals surface area contributed by atoms with Crippen molar-refractivity contribution in [1.82, 2.24) is 15.3 Å². The predicted octanol–water partition coefficient (Wildman–Crippen LogP) is 3.62. The van der Waals surface area contributed by atoms with Crippen LogP contribution in [0.4, 0.5) is 5.95 Å². The van der Waals surface area contributed by atoms with E-state index in [2.05, 4.69) is 27.5 Å². The van der Waals surface area contributed by atoms with Crippen molar-refractivity contribution in [2.45, 2.75) is 13.3 Å². The van der Waals surface area contributed by atoms with Gasteiger partial charge in [0.2, 0.25) is 11.8 Å². The highest BCUT2D eigenvalue weighted by molar-refractivity contribution is 7.80. The van der Waals surface area contributed by atoms with Crippen LogP contribution in [0.5, 0.6) is 11.6 Å². The summed E-state index contributed by atoms with van der Waals surface area (Å²) in [5.41, 5.74) is 0. The summed E-state index contributed by atoms with van der Waals surface area (Å²) in [5.74, 6) is 1.31. The molecule has 0 saturated carbocycles. The molecule has 0 aliphatic carbocycles. The van der Waals surface area contributed by atoms with Crippen molar-refractivity contribution in [2.75, 3.05) is 11.9 Å². The number of para-hydroxylation sites is 1. The van der Waals surface area contributed by atoms with Gasteiger partial charge in [-0.05, 0) is 30.8 Å². The minimum absolute atomic E-state index is 0.275.